The summed E-state index contributed by atoms with van der Waals surface area (Å²) in [4.78, 5) is 4.51. The van der Waals surface area contributed by atoms with Gasteiger partial charge >= 0.3 is 0 Å². The van der Waals surface area contributed by atoms with Crippen LogP contribution in [0.15, 0.2) is 48.7 Å². The highest BCUT2D eigenvalue weighted by atomic mass is 15.3. The highest BCUT2D eigenvalue weighted by molar-refractivity contribution is 5.65. The lowest BCUT2D eigenvalue weighted by Gasteiger charge is -2.13. The molecule has 0 aliphatic carbocycles. The average molecular weight is 319 g/mol. The van der Waals surface area contributed by atoms with Crippen LogP contribution < -0.4 is 10.6 Å². The summed E-state index contributed by atoms with van der Waals surface area (Å²) in [6, 6.07) is 14.3. The van der Waals surface area contributed by atoms with Crippen molar-refractivity contribution in [3.05, 3.63) is 65.4 Å². The molecule has 5 nitrogen and oxygen atoms in total. The normalized spacial score (nSPS) is 10.5. The lowest BCUT2D eigenvalue weighted by atomic mass is 10.1. The highest BCUT2D eigenvalue weighted by Crippen LogP contribution is 2.24. The van der Waals surface area contributed by atoms with Crippen LogP contribution in [0.1, 0.15) is 23.6 Å². The number of nitrogens with zero attached hydrogens (tertiary/aromatic N) is 3. The molecule has 3 aromatic rings. The molecule has 3 rings (SSSR count). The molecular formula is C19H21N5. The average Bonchev–Trinajstić information content (AvgIpc) is 2.57. The maximum Gasteiger partial charge on any atom is 0.249 e. The van der Waals surface area contributed by atoms with Crippen molar-refractivity contribution < 1.29 is 0 Å². The minimum Gasteiger partial charge on any atom is -0.338 e. The van der Waals surface area contributed by atoms with Gasteiger partial charge in [0.2, 0.25) is 5.95 Å². The Hall–Kier alpha value is -2.95. The summed E-state index contributed by atoms with van der Waals surface area (Å²) in [6.45, 7) is 6.28. The molecule has 0 radical (unpaired) electrons. The molecule has 0 unspecified atom stereocenters. The van der Waals surface area contributed by atoms with Crippen molar-refractivity contribution in [1.82, 2.24) is 15.2 Å². The zero-order chi connectivity index (χ0) is 16.9. The predicted octanol–water partition coefficient (Wildman–Crippen LogP) is 4.54. The summed E-state index contributed by atoms with van der Waals surface area (Å²) in [5.74, 6) is 1.14. The molecule has 0 bridgehead atoms. The predicted molar refractivity (Wildman–Crippen MR) is 98.1 cm³/mol. The van der Waals surface area contributed by atoms with Gasteiger partial charge in [-0.15, -0.1) is 5.10 Å². The van der Waals surface area contributed by atoms with E-state index >= 15 is 0 Å². The second kappa shape index (κ2) is 7.08. The van der Waals surface area contributed by atoms with Crippen molar-refractivity contribution in [3.63, 3.8) is 0 Å². The third-order valence-corrected chi connectivity index (χ3v) is 3.83. The third-order valence-electron chi connectivity index (χ3n) is 3.83. The van der Waals surface area contributed by atoms with Crippen molar-refractivity contribution in [2.75, 3.05) is 10.6 Å². The van der Waals surface area contributed by atoms with E-state index in [2.05, 4.69) is 57.9 Å². The highest BCUT2D eigenvalue weighted by Gasteiger charge is 2.07. The Morgan fingerprint density at radius 1 is 1.00 bits per heavy atom. The van der Waals surface area contributed by atoms with Gasteiger partial charge in [-0.05, 0) is 49.1 Å². The Balaban J connectivity index is 1.84. The van der Waals surface area contributed by atoms with E-state index in [1.165, 1.54) is 16.7 Å². The first-order valence-electron chi connectivity index (χ1n) is 8.04. The number of anilines is 4. The number of hydrogen-bond acceptors (Lipinski definition) is 5. The second-order valence-electron chi connectivity index (χ2n) is 5.75. The van der Waals surface area contributed by atoms with E-state index in [-0.39, 0.29) is 0 Å². The Kier molecular flexibility index (Phi) is 4.70. The Labute approximate surface area is 142 Å². The van der Waals surface area contributed by atoms with Gasteiger partial charge in [-0.1, -0.05) is 37.3 Å². The first kappa shape index (κ1) is 15.9. The van der Waals surface area contributed by atoms with Gasteiger partial charge in [0.05, 0.1) is 6.20 Å². The van der Waals surface area contributed by atoms with Gasteiger partial charge in [0.1, 0.15) is 0 Å². The van der Waals surface area contributed by atoms with Gasteiger partial charge in [0.25, 0.3) is 0 Å². The van der Waals surface area contributed by atoms with Crippen LogP contribution in [-0.4, -0.2) is 15.2 Å². The molecule has 5 heteroatoms. The summed E-state index contributed by atoms with van der Waals surface area (Å²) in [7, 11) is 0. The Bertz CT molecular complexity index is 845. The van der Waals surface area contributed by atoms with Crippen molar-refractivity contribution >= 4 is 23.1 Å². The van der Waals surface area contributed by atoms with Crippen LogP contribution in [0.5, 0.6) is 0 Å². The SMILES string of the molecule is CCc1cccc(C)c1Nc1cnnc(Nc2cccc(C)c2)n1. The number of aromatic nitrogens is 3. The van der Waals surface area contributed by atoms with E-state index in [1.807, 2.05) is 31.2 Å². The van der Waals surface area contributed by atoms with Crippen molar-refractivity contribution in [1.29, 1.82) is 0 Å². The van der Waals surface area contributed by atoms with Crippen molar-refractivity contribution in [3.8, 4) is 0 Å². The topological polar surface area (TPSA) is 62.7 Å². The molecule has 2 N–H and O–H groups in total. The van der Waals surface area contributed by atoms with E-state index in [0.29, 0.717) is 11.8 Å². The molecule has 0 amide bonds. The second-order valence-corrected chi connectivity index (χ2v) is 5.75. The van der Waals surface area contributed by atoms with Crippen LogP contribution in [-0.2, 0) is 6.42 Å². The van der Waals surface area contributed by atoms with Crippen LogP contribution in [0.4, 0.5) is 23.1 Å². The fourth-order valence-electron chi connectivity index (χ4n) is 2.60. The Morgan fingerprint density at radius 3 is 2.62 bits per heavy atom. The fraction of sp³-hybridized carbons (Fsp3) is 0.211. The van der Waals surface area contributed by atoms with Gasteiger partial charge in [-0.25, -0.2) is 0 Å². The summed E-state index contributed by atoms with van der Waals surface area (Å²) in [5.41, 5.74) is 5.64. The smallest absolute Gasteiger partial charge is 0.249 e. The van der Waals surface area contributed by atoms with Crippen LogP contribution in [0.3, 0.4) is 0 Å². The number of nitrogens with one attached hydrogen (secondary N) is 2. The maximum absolute atomic E-state index is 4.51. The van der Waals surface area contributed by atoms with Gasteiger partial charge in [0, 0.05) is 11.4 Å². The number of aryl methyl sites for hydroxylation is 3. The molecule has 0 aliphatic heterocycles. The van der Waals surface area contributed by atoms with Crippen molar-refractivity contribution in [2.45, 2.75) is 27.2 Å². The molecule has 0 saturated heterocycles. The zero-order valence-corrected chi connectivity index (χ0v) is 14.2. The third kappa shape index (κ3) is 3.68. The molecule has 0 aliphatic rings. The van der Waals surface area contributed by atoms with Gasteiger partial charge in [0.15, 0.2) is 5.82 Å². The molecule has 24 heavy (non-hydrogen) atoms. The summed E-state index contributed by atoms with van der Waals surface area (Å²) in [6.07, 6.45) is 2.59. The lowest BCUT2D eigenvalue weighted by Crippen LogP contribution is -2.04. The lowest BCUT2D eigenvalue weighted by molar-refractivity contribution is 0.981. The number of hydrogen-bond donors (Lipinski definition) is 2. The molecule has 122 valence electrons. The summed E-state index contributed by atoms with van der Waals surface area (Å²) >= 11 is 0. The molecule has 0 spiro atoms. The van der Waals surface area contributed by atoms with E-state index in [0.717, 1.165) is 17.8 Å². The van der Waals surface area contributed by atoms with E-state index in [1.54, 1.807) is 6.20 Å². The molecular weight excluding hydrogens is 298 g/mol. The number of benzene rings is 2. The molecule has 1 aromatic heterocycles. The first-order chi connectivity index (χ1) is 11.7. The fourth-order valence-corrected chi connectivity index (χ4v) is 2.60. The van der Waals surface area contributed by atoms with Gasteiger partial charge in [-0.2, -0.15) is 10.1 Å². The monoisotopic (exact) mass is 319 g/mol. The molecule has 0 fully saturated rings. The van der Waals surface area contributed by atoms with E-state index < -0.39 is 0 Å². The van der Waals surface area contributed by atoms with Gasteiger partial charge < -0.3 is 10.6 Å². The molecule has 1 heterocycles. The maximum atomic E-state index is 4.51. The quantitative estimate of drug-likeness (QED) is 0.723. The van der Waals surface area contributed by atoms with E-state index in [9.17, 15) is 0 Å². The summed E-state index contributed by atoms with van der Waals surface area (Å²) in [5, 5.41) is 14.7. The number of para-hydroxylation sites is 1. The van der Waals surface area contributed by atoms with Crippen LogP contribution in [0.2, 0.25) is 0 Å². The molecule has 0 saturated carbocycles. The Morgan fingerprint density at radius 2 is 1.83 bits per heavy atom. The van der Waals surface area contributed by atoms with Crippen LogP contribution in [0.25, 0.3) is 0 Å². The van der Waals surface area contributed by atoms with Crippen LogP contribution in [0, 0.1) is 13.8 Å². The molecule has 2 aromatic carbocycles. The molecule has 0 atom stereocenters. The first-order valence-corrected chi connectivity index (χ1v) is 8.04. The zero-order valence-electron chi connectivity index (χ0n) is 14.2. The summed E-state index contributed by atoms with van der Waals surface area (Å²) < 4.78 is 0. The largest absolute Gasteiger partial charge is 0.338 e. The number of rotatable bonds is 5. The minimum atomic E-state index is 0.470. The van der Waals surface area contributed by atoms with Crippen molar-refractivity contribution in [2.24, 2.45) is 0 Å². The van der Waals surface area contributed by atoms with Gasteiger partial charge in [-0.3, -0.25) is 0 Å². The van der Waals surface area contributed by atoms with E-state index in [4.69, 9.17) is 0 Å². The minimum absolute atomic E-state index is 0.470. The standard InChI is InChI=1S/C19H21N5/c1-4-15-9-6-8-14(3)18(15)22-17-12-20-24-19(23-17)21-16-10-5-7-13(2)11-16/h5-12H,4H2,1-3H3,(H2,21,22,23,24). The van der Waals surface area contributed by atoms with Crippen LogP contribution >= 0.6 is 0 Å².